The Morgan fingerprint density at radius 2 is 1.00 bits per heavy atom. The minimum atomic E-state index is -1.36. The van der Waals surface area contributed by atoms with E-state index in [1.54, 1.807) is 0 Å². The Morgan fingerprint density at radius 3 is 1.00 bits per heavy atom. The van der Waals surface area contributed by atoms with Gasteiger partial charge in [-0.2, -0.15) is 0 Å². The summed E-state index contributed by atoms with van der Waals surface area (Å²) in [6, 6.07) is 0. The van der Waals surface area contributed by atoms with Crippen LogP contribution in [0.2, 0.25) is 0 Å². The van der Waals surface area contributed by atoms with Gasteiger partial charge < -0.3 is 10.2 Å². The van der Waals surface area contributed by atoms with Gasteiger partial charge in [-0.1, -0.05) is 0 Å². The van der Waals surface area contributed by atoms with Crippen molar-refractivity contribution in [1.82, 2.24) is 0 Å². The van der Waals surface area contributed by atoms with Gasteiger partial charge in [-0.3, -0.25) is 0 Å². The van der Waals surface area contributed by atoms with Crippen LogP contribution in [0.25, 0.3) is 0 Å². The van der Waals surface area contributed by atoms with Crippen LogP contribution in [0.4, 0.5) is 9.59 Å². The van der Waals surface area contributed by atoms with Crippen LogP contribution in [0.5, 0.6) is 0 Å². The van der Waals surface area contributed by atoms with Gasteiger partial charge in [-0.05, 0) is 0 Å². The van der Waals surface area contributed by atoms with Crippen molar-refractivity contribution in [3.05, 3.63) is 0 Å². The molecule has 0 fully saturated rings. The Bertz CT molecular complexity index is 74.6. The molecule has 7 heteroatoms. The second kappa shape index (κ2) is 11.0. The monoisotopic (exact) mass is 224 g/mol. The summed E-state index contributed by atoms with van der Waals surface area (Å²) in [6.07, 6.45) is 0. The predicted molar refractivity (Wildman–Crippen MR) is 27.8 cm³/mol. The largest absolute Gasteiger partial charge is 0.469 e. The molecule has 0 aliphatic rings. The van der Waals surface area contributed by atoms with Gasteiger partial charge in [-0.25, -0.2) is 9.59 Å². The van der Waals surface area contributed by atoms with Gasteiger partial charge in [0.05, 0.1) is 0 Å². The first-order valence-electron chi connectivity index (χ1n) is 1.23. The second-order valence-electron chi connectivity index (χ2n) is 0.506. The van der Waals surface area contributed by atoms with Crippen LogP contribution in [0.1, 0.15) is 0 Å². The molecule has 0 spiro atoms. The first-order chi connectivity index (χ1) is 3.46. The van der Waals surface area contributed by atoms with E-state index in [2.05, 4.69) is 23.2 Å². The third-order valence-corrected chi connectivity index (χ3v) is 0. The molecule has 0 unspecified atom stereocenters. The SMILES string of the molecule is O=C(O)Cl.O=C(O)Cl.[Zn]. The molecule has 2 N–H and O–H groups in total. The number of halogens is 2. The molecule has 50 valence electrons. The van der Waals surface area contributed by atoms with Crippen molar-refractivity contribution in [2.75, 3.05) is 0 Å². The summed E-state index contributed by atoms with van der Waals surface area (Å²) in [5.74, 6) is 0. The third kappa shape index (κ3) is 15000. The number of carboxylic acid groups (broad SMARTS) is 2. The van der Waals surface area contributed by atoms with Crippen molar-refractivity contribution in [2.45, 2.75) is 0 Å². The number of hydrogen-bond donors (Lipinski definition) is 2. The molecule has 0 saturated heterocycles. The second-order valence-corrected chi connectivity index (χ2v) is 1.15. The molecular formula is C2H2Cl2O4Zn. The van der Waals surface area contributed by atoms with E-state index in [4.69, 9.17) is 19.8 Å². The van der Waals surface area contributed by atoms with Gasteiger partial charge in [0.15, 0.2) is 0 Å². The van der Waals surface area contributed by atoms with E-state index in [0.29, 0.717) is 0 Å². The van der Waals surface area contributed by atoms with E-state index in [1.165, 1.54) is 0 Å². The van der Waals surface area contributed by atoms with Crippen molar-refractivity contribution in [3.63, 3.8) is 0 Å². The van der Waals surface area contributed by atoms with Crippen LogP contribution < -0.4 is 0 Å². The molecule has 0 atom stereocenters. The third-order valence-electron chi connectivity index (χ3n) is 0. The van der Waals surface area contributed by atoms with E-state index in [9.17, 15) is 0 Å². The molecule has 0 aliphatic heterocycles. The Morgan fingerprint density at radius 1 is 1.00 bits per heavy atom. The zero-order chi connectivity index (χ0) is 7.15. The van der Waals surface area contributed by atoms with Crippen molar-refractivity contribution in [3.8, 4) is 0 Å². The maximum absolute atomic E-state index is 8.77. The first-order valence-corrected chi connectivity index (χ1v) is 1.99. The van der Waals surface area contributed by atoms with Crippen LogP contribution >= 0.6 is 23.2 Å². The normalized spacial score (nSPS) is 5.56. The smallest absolute Gasteiger partial charge is 0.401 e. The van der Waals surface area contributed by atoms with E-state index >= 15 is 0 Å². The Balaban J connectivity index is -0.0000000720. The summed E-state index contributed by atoms with van der Waals surface area (Å²) in [6.45, 7) is 0. The summed E-state index contributed by atoms with van der Waals surface area (Å²) in [4.78, 5) is 17.5. The Hall–Kier alpha value is 0.143. The van der Waals surface area contributed by atoms with E-state index < -0.39 is 10.9 Å². The zero-order valence-corrected chi connectivity index (χ0v) is 8.65. The van der Waals surface area contributed by atoms with Crippen molar-refractivity contribution in [2.24, 2.45) is 0 Å². The molecule has 0 heterocycles. The molecule has 0 saturated carbocycles. The number of rotatable bonds is 0. The molecule has 0 aromatic heterocycles. The molecule has 0 bridgehead atoms. The van der Waals surface area contributed by atoms with Crippen LogP contribution in [-0.4, -0.2) is 21.1 Å². The van der Waals surface area contributed by atoms with Crippen LogP contribution in [0, 0.1) is 0 Å². The first kappa shape index (κ1) is 16.1. The average Bonchev–Trinajstić information content (AvgIpc) is 1.25. The fourth-order valence-electron chi connectivity index (χ4n) is 0. The van der Waals surface area contributed by atoms with Gasteiger partial charge in [0, 0.05) is 42.7 Å². The summed E-state index contributed by atoms with van der Waals surface area (Å²) < 4.78 is 0. The Labute approximate surface area is 73.5 Å². The maximum atomic E-state index is 8.77. The van der Waals surface area contributed by atoms with Crippen LogP contribution in [0.15, 0.2) is 0 Å². The molecule has 0 radical (unpaired) electrons. The fraction of sp³-hybridized carbons (Fsp3) is 0. The topological polar surface area (TPSA) is 74.6 Å². The maximum Gasteiger partial charge on any atom is 0.401 e. The van der Waals surface area contributed by atoms with Gasteiger partial charge in [0.2, 0.25) is 0 Å². The molecule has 0 rings (SSSR count). The van der Waals surface area contributed by atoms with Crippen LogP contribution in [0.3, 0.4) is 0 Å². The average molecular weight is 226 g/mol. The Kier molecular flexibility index (Phi) is 19.7. The summed E-state index contributed by atoms with van der Waals surface area (Å²) in [5.41, 5.74) is -2.72. The van der Waals surface area contributed by atoms with Gasteiger partial charge >= 0.3 is 10.9 Å². The minimum absolute atomic E-state index is 0. The van der Waals surface area contributed by atoms with E-state index in [0.717, 1.165) is 0 Å². The summed E-state index contributed by atoms with van der Waals surface area (Å²) in [7, 11) is 0. The van der Waals surface area contributed by atoms with Crippen molar-refractivity contribution >= 4 is 34.1 Å². The van der Waals surface area contributed by atoms with Crippen LogP contribution in [-0.2, 0) is 19.5 Å². The molecular weight excluding hydrogens is 224 g/mol. The molecule has 0 aromatic carbocycles. The van der Waals surface area contributed by atoms with E-state index in [1.807, 2.05) is 0 Å². The molecule has 4 nitrogen and oxygen atoms in total. The van der Waals surface area contributed by atoms with E-state index in [-0.39, 0.29) is 19.5 Å². The van der Waals surface area contributed by atoms with Gasteiger partial charge in [0.25, 0.3) is 0 Å². The number of carbonyl (C=O) groups is 2. The van der Waals surface area contributed by atoms with Crippen molar-refractivity contribution in [1.29, 1.82) is 0 Å². The molecule has 0 amide bonds. The molecule has 9 heavy (non-hydrogen) atoms. The van der Waals surface area contributed by atoms with Gasteiger partial charge in [0.1, 0.15) is 0 Å². The molecule has 0 aromatic rings. The standard InChI is InChI=1S/2CHClO2.Zn/c2*2-1(3)4;/h2*(H,3,4);. The predicted octanol–water partition coefficient (Wildman–Crippen LogP) is 1.80. The van der Waals surface area contributed by atoms with Gasteiger partial charge in [-0.15, -0.1) is 0 Å². The summed E-state index contributed by atoms with van der Waals surface area (Å²) in [5, 5.41) is 14.4. The van der Waals surface area contributed by atoms with Crippen molar-refractivity contribution < 1.29 is 39.3 Å². The molecule has 0 aliphatic carbocycles. The summed E-state index contributed by atoms with van der Waals surface area (Å²) >= 11 is 8.38. The number of hydrogen-bond acceptors (Lipinski definition) is 2. The minimum Gasteiger partial charge on any atom is -0.469 e. The quantitative estimate of drug-likeness (QED) is 0.488. The zero-order valence-electron chi connectivity index (χ0n) is 4.17. The fourth-order valence-corrected chi connectivity index (χ4v) is 0.